The number of rotatable bonds is 5. The van der Waals surface area contributed by atoms with E-state index in [1.165, 1.54) is 0 Å². The van der Waals surface area contributed by atoms with E-state index in [9.17, 15) is 4.79 Å². The number of likely N-dealkylation sites (tertiary alicyclic amines) is 1. The third kappa shape index (κ3) is 3.22. The van der Waals surface area contributed by atoms with Gasteiger partial charge in [-0.05, 0) is 31.5 Å². The molecule has 1 saturated heterocycles. The summed E-state index contributed by atoms with van der Waals surface area (Å²) >= 11 is 0. The van der Waals surface area contributed by atoms with Crippen molar-refractivity contribution in [2.45, 2.75) is 13.3 Å². The van der Waals surface area contributed by atoms with Crippen LogP contribution in [0.25, 0.3) is 0 Å². The van der Waals surface area contributed by atoms with Crippen LogP contribution >= 0.6 is 0 Å². The Hall–Kier alpha value is -1.75. The first-order valence-corrected chi connectivity index (χ1v) is 6.96. The van der Waals surface area contributed by atoms with E-state index in [0.29, 0.717) is 36.1 Å². The van der Waals surface area contributed by atoms with Crippen LogP contribution in [0, 0.1) is 5.92 Å². The van der Waals surface area contributed by atoms with Crippen LogP contribution in [-0.4, -0.2) is 44.2 Å². The Balaban J connectivity index is 2.04. The topological polar surface area (TPSA) is 64.8 Å². The first kappa shape index (κ1) is 14.7. The summed E-state index contributed by atoms with van der Waals surface area (Å²) in [4.78, 5) is 14.3. The number of nitrogen functional groups attached to an aromatic ring is 1. The molecular formula is C15H22N2O3. The van der Waals surface area contributed by atoms with Gasteiger partial charge in [-0.15, -0.1) is 0 Å². The third-order valence-electron chi connectivity index (χ3n) is 3.53. The molecule has 110 valence electrons. The number of hydrogen-bond donors (Lipinski definition) is 1. The van der Waals surface area contributed by atoms with Crippen molar-refractivity contribution in [1.82, 2.24) is 4.90 Å². The zero-order chi connectivity index (χ0) is 14.5. The van der Waals surface area contributed by atoms with Crippen LogP contribution in [0.15, 0.2) is 18.2 Å². The van der Waals surface area contributed by atoms with Crippen molar-refractivity contribution in [2.24, 2.45) is 5.92 Å². The number of nitrogens with zero attached hydrogens (tertiary/aromatic N) is 1. The molecule has 0 radical (unpaired) electrons. The van der Waals surface area contributed by atoms with E-state index in [4.69, 9.17) is 15.2 Å². The highest BCUT2D eigenvalue weighted by atomic mass is 16.5. The van der Waals surface area contributed by atoms with Gasteiger partial charge in [0, 0.05) is 31.7 Å². The first-order chi connectivity index (χ1) is 9.65. The van der Waals surface area contributed by atoms with Crippen LogP contribution in [0.5, 0.6) is 5.75 Å². The Morgan fingerprint density at radius 3 is 2.95 bits per heavy atom. The SMILES string of the molecule is CCOc1ccc(C(=O)N2CCC(COC)C2)cc1N. The first-order valence-electron chi connectivity index (χ1n) is 6.96. The molecule has 0 aromatic heterocycles. The summed E-state index contributed by atoms with van der Waals surface area (Å²) in [6.07, 6.45) is 0.992. The zero-order valence-electron chi connectivity index (χ0n) is 12.1. The fourth-order valence-electron chi connectivity index (χ4n) is 2.54. The second-order valence-corrected chi connectivity index (χ2v) is 5.05. The number of methoxy groups -OCH3 is 1. The van der Waals surface area contributed by atoms with E-state index in [1.54, 1.807) is 25.3 Å². The van der Waals surface area contributed by atoms with E-state index in [1.807, 2.05) is 11.8 Å². The lowest BCUT2D eigenvalue weighted by atomic mass is 10.1. The molecule has 20 heavy (non-hydrogen) atoms. The zero-order valence-corrected chi connectivity index (χ0v) is 12.1. The maximum atomic E-state index is 12.4. The lowest BCUT2D eigenvalue weighted by molar-refractivity contribution is 0.0775. The molecule has 5 nitrogen and oxygen atoms in total. The molecule has 0 spiro atoms. The van der Waals surface area contributed by atoms with E-state index in [0.717, 1.165) is 19.5 Å². The minimum Gasteiger partial charge on any atom is -0.492 e. The Morgan fingerprint density at radius 2 is 2.30 bits per heavy atom. The largest absolute Gasteiger partial charge is 0.492 e. The van der Waals surface area contributed by atoms with Crippen LogP contribution < -0.4 is 10.5 Å². The van der Waals surface area contributed by atoms with Gasteiger partial charge in [-0.1, -0.05) is 0 Å². The molecule has 1 aliphatic rings. The van der Waals surface area contributed by atoms with Crippen LogP contribution in [0.1, 0.15) is 23.7 Å². The molecule has 0 aliphatic carbocycles. The Bertz CT molecular complexity index is 476. The number of nitrogens with two attached hydrogens (primary N) is 1. The monoisotopic (exact) mass is 278 g/mol. The number of hydrogen-bond acceptors (Lipinski definition) is 4. The van der Waals surface area contributed by atoms with Crippen molar-refractivity contribution in [3.63, 3.8) is 0 Å². The van der Waals surface area contributed by atoms with Gasteiger partial charge in [0.2, 0.25) is 0 Å². The van der Waals surface area contributed by atoms with E-state index in [2.05, 4.69) is 0 Å². The van der Waals surface area contributed by atoms with Crippen LogP contribution in [0.2, 0.25) is 0 Å². The summed E-state index contributed by atoms with van der Waals surface area (Å²) in [5.74, 6) is 1.09. The van der Waals surface area contributed by atoms with Gasteiger partial charge < -0.3 is 20.1 Å². The average Bonchev–Trinajstić information content (AvgIpc) is 2.89. The minimum absolute atomic E-state index is 0.0263. The number of anilines is 1. The van der Waals surface area contributed by atoms with Crippen molar-refractivity contribution in [3.8, 4) is 5.75 Å². The number of carbonyl (C=O) groups excluding carboxylic acids is 1. The Morgan fingerprint density at radius 1 is 1.50 bits per heavy atom. The lowest BCUT2D eigenvalue weighted by Crippen LogP contribution is -2.29. The van der Waals surface area contributed by atoms with Crippen molar-refractivity contribution in [2.75, 3.05) is 39.1 Å². The summed E-state index contributed by atoms with van der Waals surface area (Å²) in [7, 11) is 1.69. The van der Waals surface area contributed by atoms with Crippen molar-refractivity contribution >= 4 is 11.6 Å². The third-order valence-corrected chi connectivity index (χ3v) is 3.53. The fourth-order valence-corrected chi connectivity index (χ4v) is 2.54. The van der Waals surface area contributed by atoms with E-state index < -0.39 is 0 Å². The van der Waals surface area contributed by atoms with Crippen LogP contribution in [0.3, 0.4) is 0 Å². The molecular weight excluding hydrogens is 256 g/mol. The molecule has 1 unspecified atom stereocenters. The summed E-state index contributed by atoms with van der Waals surface area (Å²) in [5, 5.41) is 0. The maximum absolute atomic E-state index is 12.4. The van der Waals surface area contributed by atoms with Gasteiger partial charge >= 0.3 is 0 Å². The summed E-state index contributed by atoms with van der Waals surface area (Å²) in [6.45, 7) is 4.69. The van der Waals surface area contributed by atoms with Gasteiger partial charge in [0.15, 0.2) is 0 Å². The molecule has 1 aromatic carbocycles. The van der Waals surface area contributed by atoms with Gasteiger partial charge in [0.25, 0.3) is 5.91 Å². The second kappa shape index (κ2) is 6.61. The second-order valence-electron chi connectivity index (χ2n) is 5.05. The van der Waals surface area contributed by atoms with E-state index >= 15 is 0 Å². The number of amides is 1. The molecule has 1 aliphatic heterocycles. The van der Waals surface area contributed by atoms with Gasteiger partial charge in [0.1, 0.15) is 5.75 Å². The summed E-state index contributed by atoms with van der Waals surface area (Å²) in [5.41, 5.74) is 7.02. The molecule has 0 saturated carbocycles. The van der Waals surface area contributed by atoms with Gasteiger partial charge in [-0.3, -0.25) is 4.79 Å². The van der Waals surface area contributed by atoms with Crippen molar-refractivity contribution in [3.05, 3.63) is 23.8 Å². The molecule has 1 atom stereocenters. The quantitative estimate of drug-likeness (QED) is 0.834. The molecule has 1 amide bonds. The molecule has 5 heteroatoms. The summed E-state index contributed by atoms with van der Waals surface area (Å²) in [6, 6.07) is 5.22. The molecule has 2 N–H and O–H groups in total. The smallest absolute Gasteiger partial charge is 0.253 e. The molecule has 1 aromatic rings. The highest BCUT2D eigenvalue weighted by molar-refractivity contribution is 5.95. The van der Waals surface area contributed by atoms with E-state index in [-0.39, 0.29) is 5.91 Å². The Labute approximate surface area is 119 Å². The fraction of sp³-hybridized carbons (Fsp3) is 0.533. The van der Waals surface area contributed by atoms with Gasteiger partial charge in [-0.2, -0.15) is 0 Å². The molecule has 2 rings (SSSR count). The molecule has 1 heterocycles. The predicted octanol–water partition coefficient (Wildman–Crippen LogP) is 1.78. The molecule has 1 fully saturated rings. The highest BCUT2D eigenvalue weighted by Gasteiger charge is 2.27. The number of carbonyl (C=O) groups is 1. The lowest BCUT2D eigenvalue weighted by Gasteiger charge is -2.17. The summed E-state index contributed by atoms with van der Waals surface area (Å²) < 4.78 is 10.5. The number of benzene rings is 1. The van der Waals surface area contributed by atoms with Crippen LogP contribution in [0.4, 0.5) is 5.69 Å². The normalized spacial score (nSPS) is 18.3. The standard InChI is InChI=1S/C15H22N2O3/c1-3-20-14-5-4-12(8-13(14)16)15(18)17-7-6-11(9-17)10-19-2/h4-5,8,11H,3,6-7,9-10,16H2,1-2H3. The highest BCUT2D eigenvalue weighted by Crippen LogP contribution is 2.25. The molecule has 0 bridgehead atoms. The van der Waals surface area contributed by atoms with Gasteiger partial charge in [0.05, 0.1) is 18.9 Å². The van der Waals surface area contributed by atoms with Gasteiger partial charge in [-0.25, -0.2) is 0 Å². The van der Waals surface area contributed by atoms with Crippen LogP contribution in [-0.2, 0) is 4.74 Å². The minimum atomic E-state index is 0.0263. The van der Waals surface area contributed by atoms with Crippen molar-refractivity contribution < 1.29 is 14.3 Å². The predicted molar refractivity (Wildman–Crippen MR) is 77.9 cm³/mol. The average molecular weight is 278 g/mol. The Kier molecular flexibility index (Phi) is 4.84. The van der Waals surface area contributed by atoms with Crippen molar-refractivity contribution in [1.29, 1.82) is 0 Å². The number of ether oxygens (including phenoxy) is 2. The maximum Gasteiger partial charge on any atom is 0.253 e.